The number of sulfonamides is 1. The molecule has 3 rings (SSSR count). The van der Waals surface area contributed by atoms with Crippen LogP contribution in [0.15, 0.2) is 76.2 Å². The number of carbonyl (C=O) groups excluding carboxylic acids is 1. The van der Waals surface area contributed by atoms with Gasteiger partial charge < -0.3 is 15.1 Å². The number of benzene rings is 2. The highest BCUT2D eigenvalue weighted by atomic mass is 32.2. The molecule has 0 saturated carbocycles. The van der Waals surface area contributed by atoms with Crippen LogP contribution in [0.1, 0.15) is 16.1 Å². The zero-order chi connectivity index (χ0) is 19.3. The van der Waals surface area contributed by atoms with E-state index in [1.807, 2.05) is 12.1 Å². The van der Waals surface area contributed by atoms with Crippen LogP contribution >= 0.6 is 0 Å². The Morgan fingerprint density at radius 1 is 0.963 bits per heavy atom. The van der Waals surface area contributed by atoms with Gasteiger partial charge in [0.2, 0.25) is 10.0 Å². The van der Waals surface area contributed by atoms with Crippen LogP contribution in [-0.2, 0) is 16.4 Å². The third-order valence-electron chi connectivity index (χ3n) is 3.88. The van der Waals surface area contributed by atoms with Crippen molar-refractivity contribution in [2.75, 3.05) is 17.2 Å². The molecule has 8 heteroatoms. The molecule has 3 aromatic rings. The highest BCUT2D eigenvalue weighted by molar-refractivity contribution is 7.89. The number of hydrogen-bond donors (Lipinski definition) is 3. The normalized spacial score (nSPS) is 11.1. The molecule has 1 aromatic heterocycles. The molecule has 7 nitrogen and oxygen atoms in total. The van der Waals surface area contributed by atoms with Crippen LogP contribution in [0.4, 0.5) is 11.4 Å². The second-order valence-corrected chi connectivity index (χ2v) is 7.44. The Labute approximate surface area is 157 Å². The first-order valence-corrected chi connectivity index (χ1v) is 9.77. The van der Waals surface area contributed by atoms with Gasteiger partial charge in [-0.3, -0.25) is 4.79 Å². The van der Waals surface area contributed by atoms with Crippen molar-refractivity contribution in [2.24, 2.45) is 5.14 Å². The van der Waals surface area contributed by atoms with E-state index in [0.29, 0.717) is 12.2 Å². The Balaban J connectivity index is 1.49. The minimum atomic E-state index is -3.66. The Morgan fingerprint density at radius 2 is 1.63 bits per heavy atom. The number of anilines is 2. The zero-order valence-corrected chi connectivity index (χ0v) is 15.2. The third kappa shape index (κ3) is 5.19. The van der Waals surface area contributed by atoms with Crippen molar-refractivity contribution in [3.63, 3.8) is 0 Å². The lowest BCUT2D eigenvalue weighted by atomic mass is 10.1. The predicted octanol–water partition coefficient (Wildman–Crippen LogP) is 2.83. The Bertz CT molecular complexity index is 996. The molecule has 0 bridgehead atoms. The van der Waals surface area contributed by atoms with Gasteiger partial charge >= 0.3 is 0 Å². The molecule has 140 valence electrons. The number of rotatable bonds is 7. The van der Waals surface area contributed by atoms with Crippen molar-refractivity contribution in [3.05, 3.63) is 78.3 Å². The number of furan rings is 1. The highest BCUT2D eigenvalue weighted by Crippen LogP contribution is 2.15. The van der Waals surface area contributed by atoms with Gasteiger partial charge in [0.15, 0.2) is 5.76 Å². The molecule has 0 aliphatic heterocycles. The van der Waals surface area contributed by atoms with Crippen LogP contribution < -0.4 is 15.8 Å². The third-order valence-corrected chi connectivity index (χ3v) is 4.81. The number of hydrogen-bond acceptors (Lipinski definition) is 5. The molecule has 0 fully saturated rings. The molecule has 2 aromatic carbocycles. The van der Waals surface area contributed by atoms with Crippen LogP contribution in [0.5, 0.6) is 0 Å². The molecule has 4 N–H and O–H groups in total. The first-order chi connectivity index (χ1) is 12.9. The summed E-state index contributed by atoms with van der Waals surface area (Å²) in [5, 5.41) is 11.1. The number of nitrogens with two attached hydrogens (primary N) is 1. The van der Waals surface area contributed by atoms with E-state index in [4.69, 9.17) is 9.56 Å². The topological polar surface area (TPSA) is 114 Å². The minimum absolute atomic E-state index is 0.103. The van der Waals surface area contributed by atoms with Gasteiger partial charge in [-0.1, -0.05) is 12.1 Å². The van der Waals surface area contributed by atoms with E-state index in [1.165, 1.54) is 18.4 Å². The minimum Gasteiger partial charge on any atom is -0.459 e. The van der Waals surface area contributed by atoms with E-state index in [2.05, 4.69) is 10.6 Å². The molecule has 0 unspecified atom stereocenters. The highest BCUT2D eigenvalue weighted by Gasteiger charge is 2.08. The van der Waals surface area contributed by atoms with Crippen molar-refractivity contribution >= 4 is 27.3 Å². The quantitative estimate of drug-likeness (QED) is 0.579. The maximum atomic E-state index is 11.9. The number of amides is 1. The van der Waals surface area contributed by atoms with Crippen LogP contribution in [0.3, 0.4) is 0 Å². The van der Waals surface area contributed by atoms with Gasteiger partial charge in [-0.2, -0.15) is 0 Å². The summed E-state index contributed by atoms with van der Waals surface area (Å²) >= 11 is 0. The monoisotopic (exact) mass is 385 g/mol. The molecular formula is C19H19N3O4S. The second kappa shape index (κ2) is 8.07. The molecule has 0 spiro atoms. The summed E-state index contributed by atoms with van der Waals surface area (Å²) in [5.74, 6) is -0.0469. The molecule has 0 saturated heterocycles. The van der Waals surface area contributed by atoms with E-state index < -0.39 is 10.0 Å². The fourth-order valence-electron chi connectivity index (χ4n) is 2.47. The fourth-order valence-corrected chi connectivity index (χ4v) is 2.98. The van der Waals surface area contributed by atoms with Crippen LogP contribution in [0.2, 0.25) is 0 Å². The standard InChI is InChI=1S/C19H19N3O4S/c20-27(24,25)17-9-3-14(4-10-17)11-12-21-15-5-7-16(8-6-15)22-19(23)18-2-1-13-26-18/h1-10,13,21H,11-12H2,(H,22,23)(H2,20,24,25). The van der Waals surface area contributed by atoms with E-state index >= 15 is 0 Å². The lowest BCUT2D eigenvalue weighted by molar-refractivity contribution is 0.0996. The number of nitrogens with one attached hydrogen (secondary N) is 2. The SMILES string of the molecule is NS(=O)(=O)c1ccc(CCNc2ccc(NC(=O)c3ccco3)cc2)cc1. The van der Waals surface area contributed by atoms with E-state index in [-0.39, 0.29) is 16.6 Å². The van der Waals surface area contributed by atoms with Gasteiger partial charge in [0.25, 0.3) is 5.91 Å². The Hall–Kier alpha value is -3.10. The Morgan fingerprint density at radius 3 is 2.22 bits per heavy atom. The van der Waals surface area contributed by atoms with Crippen molar-refractivity contribution in [1.82, 2.24) is 0 Å². The summed E-state index contributed by atoms with van der Waals surface area (Å²) in [7, 11) is -3.66. The maximum absolute atomic E-state index is 11.9. The van der Waals surface area contributed by atoms with E-state index in [0.717, 1.165) is 17.7 Å². The first kappa shape index (κ1) is 18.7. The van der Waals surface area contributed by atoms with Crippen molar-refractivity contribution in [3.8, 4) is 0 Å². The van der Waals surface area contributed by atoms with E-state index in [1.54, 1.807) is 36.4 Å². The summed E-state index contributed by atoms with van der Waals surface area (Å²) in [6, 6.07) is 17.1. The average Bonchev–Trinajstić information content (AvgIpc) is 3.18. The summed E-state index contributed by atoms with van der Waals surface area (Å²) in [5.41, 5.74) is 2.57. The summed E-state index contributed by atoms with van der Waals surface area (Å²) in [6.07, 6.45) is 2.17. The number of primary sulfonamides is 1. The fraction of sp³-hybridized carbons (Fsp3) is 0.105. The predicted molar refractivity (Wildman–Crippen MR) is 103 cm³/mol. The first-order valence-electron chi connectivity index (χ1n) is 8.22. The van der Waals surface area contributed by atoms with Crippen molar-refractivity contribution < 1.29 is 17.6 Å². The van der Waals surface area contributed by atoms with Gasteiger partial charge in [0.05, 0.1) is 11.2 Å². The van der Waals surface area contributed by atoms with Crippen LogP contribution in [0, 0.1) is 0 Å². The molecule has 0 radical (unpaired) electrons. The largest absolute Gasteiger partial charge is 0.459 e. The van der Waals surface area contributed by atoms with Gasteiger partial charge in [-0.15, -0.1) is 0 Å². The molecule has 0 aliphatic rings. The molecule has 0 atom stereocenters. The lowest BCUT2D eigenvalue weighted by Gasteiger charge is -2.09. The molecule has 27 heavy (non-hydrogen) atoms. The summed E-state index contributed by atoms with van der Waals surface area (Å²) in [6.45, 7) is 0.673. The van der Waals surface area contributed by atoms with Gasteiger partial charge in [0.1, 0.15) is 0 Å². The molecule has 0 aliphatic carbocycles. The van der Waals surface area contributed by atoms with Gasteiger partial charge in [0, 0.05) is 17.9 Å². The van der Waals surface area contributed by atoms with Crippen LogP contribution in [0.25, 0.3) is 0 Å². The van der Waals surface area contributed by atoms with Crippen molar-refractivity contribution in [1.29, 1.82) is 0 Å². The average molecular weight is 385 g/mol. The number of carbonyl (C=O) groups is 1. The Kier molecular flexibility index (Phi) is 5.58. The molecule has 1 amide bonds. The van der Waals surface area contributed by atoms with Gasteiger partial charge in [-0.25, -0.2) is 13.6 Å². The smallest absolute Gasteiger partial charge is 0.291 e. The van der Waals surface area contributed by atoms with Gasteiger partial charge in [-0.05, 0) is 60.5 Å². The van der Waals surface area contributed by atoms with Crippen LogP contribution in [-0.4, -0.2) is 20.9 Å². The summed E-state index contributed by atoms with van der Waals surface area (Å²) < 4.78 is 27.5. The molecular weight excluding hydrogens is 366 g/mol. The lowest BCUT2D eigenvalue weighted by Crippen LogP contribution is -2.12. The molecule has 1 heterocycles. The van der Waals surface area contributed by atoms with E-state index in [9.17, 15) is 13.2 Å². The maximum Gasteiger partial charge on any atom is 0.291 e. The second-order valence-electron chi connectivity index (χ2n) is 5.87. The summed E-state index contributed by atoms with van der Waals surface area (Å²) in [4.78, 5) is 12.0. The van der Waals surface area contributed by atoms with Crippen molar-refractivity contribution in [2.45, 2.75) is 11.3 Å². The zero-order valence-electron chi connectivity index (χ0n) is 14.4.